The SMILES string of the molecule is CCOC[C@@H]1CN(C(=O)c2ccc3c(c2)OCCCO3)Cc2cncn21. The monoisotopic (exact) mass is 357 g/mol. The summed E-state index contributed by atoms with van der Waals surface area (Å²) in [5, 5.41) is 0. The molecule has 0 bridgehead atoms. The van der Waals surface area contributed by atoms with Gasteiger partial charge in [0, 0.05) is 31.3 Å². The van der Waals surface area contributed by atoms with Crippen LogP contribution in [0.1, 0.15) is 35.4 Å². The third-order valence-corrected chi connectivity index (χ3v) is 4.72. The van der Waals surface area contributed by atoms with Crippen LogP contribution in [-0.2, 0) is 11.3 Å². The Kier molecular flexibility index (Phi) is 4.79. The largest absolute Gasteiger partial charge is 0.490 e. The van der Waals surface area contributed by atoms with Crippen LogP contribution in [-0.4, -0.2) is 53.3 Å². The van der Waals surface area contributed by atoms with Crippen molar-refractivity contribution in [2.24, 2.45) is 0 Å². The van der Waals surface area contributed by atoms with E-state index in [1.54, 1.807) is 12.1 Å². The van der Waals surface area contributed by atoms with E-state index in [4.69, 9.17) is 14.2 Å². The number of carbonyl (C=O) groups is 1. The van der Waals surface area contributed by atoms with Crippen LogP contribution in [0.3, 0.4) is 0 Å². The molecule has 26 heavy (non-hydrogen) atoms. The number of amides is 1. The zero-order valence-electron chi connectivity index (χ0n) is 14.9. The molecule has 2 aromatic rings. The van der Waals surface area contributed by atoms with Gasteiger partial charge < -0.3 is 23.7 Å². The highest BCUT2D eigenvalue weighted by Crippen LogP contribution is 2.31. The Bertz CT molecular complexity index is 789. The van der Waals surface area contributed by atoms with Crippen molar-refractivity contribution in [2.45, 2.75) is 25.9 Å². The summed E-state index contributed by atoms with van der Waals surface area (Å²) in [5.41, 5.74) is 1.63. The van der Waals surface area contributed by atoms with Crippen LogP contribution in [0.25, 0.3) is 0 Å². The maximum absolute atomic E-state index is 13.1. The van der Waals surface area contributed by atoms with E-state index < -0.39 is 0 Å². The number of fused-ring (bicyclic) bond motifs is 2. The van der Waals surface area contributed by atoms with Gasteiger partial charge in [0.2, 0.25) is 0 Å². The van der Waals surface area contributed by atoms with E-state index in [-0.39, 0.29) is 11.9 Å². The van der Waals surface area contributed by atoms with Crippen LogP contribution in [0.4, 0.5) is 0 Å². The summed E-state index contributed by atoms with van der Waals surface area (Å²) in [6, 6.07) is 5.48. The molecule has 4 rings (SSSR count). The Morgan fingerprint density at radius 1 is 1.31 bits per heavy atom. The van der Waals surface area contributed by atoms with Gasteiger partial charge in [-0.15, -0.1) is 0 Å². The van der Waals surface area contributed by atoms with Gasteiger partial charge in [-0.1, -0.05) is 0 Å². The summed E-state index contributed by atoms with van der Waals surface area (Å²) in [4.78, 5) is 19.2. The van der Waals surface area contributed by atoms with E-state index in [0.717, 1.165) is 12.1 Å². The molecule has 0 saturated heterocycles. The molecule has 0 spiro atoms. The van der Waals surface area contributed by atoms with Crippen molar-refractivity contribution in [2.75, 3.05) is 33.0 Å². The first-order valence-corrected chi connectivity index (χ1v) is 9.03. The fourth-order valence-corrected chi connectivity index (χ4v) is 3.41. The number of hydrogen-bond donors (Lipinski definition) is 0. The molecular weight excluding hydrogens is 334 g/mol. The van der Waals surface area contributed by atoms with Gasteiger partial charge in [-0.05, 0) is 25.1 Å². The second-order valence-corrected chi connectivity index (χ2v) is 6.50. The number of imidazole rings is 1. The van der Waals surface area contributed by atoms with Crippen LogP contribution < -0.4 is 9.47 Å². The zero-order chi connectivity index (χ0) is 17.9. The molecule has 7 heteroatoms. The average molecular weight is 357 g/mol. The summed E-state index contributed by atoms with van der Waals surface area (Å²) >= 11 is 0. The summed E-state index contributed by atoms with van der Waals surface area (Å²) in [5.74, 6) is 1.32. The van der Waals surface area contributed by atoms with Gasteiger partial charge in [-0.2, -0.15) is 0 Å². The molecular formula is C19H23N3O4. The lowest BCUT2D eigenvalue weighted by atomic mass is 10.1. The Balaban J connectivity index is 1.56. The van der Waals surface area contributed by atoms with Gasteiger partial charge in [0.1, 0.15) is 0 Å². The lowest BCUT2D eigenvalue weighted by Crippen LogP contribution is -2.42. The molecule has 3 heterocycles. The molecule has 0 fully saturated rings. The standard InChI is InChI=1S/C19H23N3O4/c1-2-24-12-16-11-21(10-15-9-20-13-22(15)16)19(23)14-4-5-17-18(8-14)26-7-3-6-25-17/h4-5,8-9,13,16H,2-3,6-7,10-12H2,1H3/t16-/m0/s1. The summed E-state index contributed by atoms with van der Waals surface area (Å²) in [7, 11) is 0. The van der Waals surface area contributed by atoms with Crippen LogP contribution >= 0.6 is 0 Å². The van der Waals surface area contributed by atoms with Crippen molar-refractivity contribution in [3.63, 3.8) is 0 Å². The van der Waals surface area contributed by atoms with E-state index in [2.05, 4.69) is 9.55 Å². The Morgan fingerprint density at radius 2 is 2.15 bits per heavy atom. The minimum Gasteiger partial charge on any atom is -0.490 e. The molecule has 0 N–H and O–H groups in total. The van der Waals surface area contributed by atoms with Crippen molar-refractivity contribution in [1.29, 1.82) is 0 Å². The van der Waals surface area contributed by atoms with E-state index in [1.165, 1.54) is 0 Å². The minimum atomic E-state index is -0.0189. The van der Waals surface area contributed by atoms with Crippen molar-refractivity contribution in [1.82, 2.24) is 14.5 Å². The highest BCUT2D eigenvalue weighted by molar-refractivity contribution is 5.95. The molecule has 1 aromatic heterocycles. The molecule has 0 radical (unpaired) electrons. The van der Waals surface area contributed by atoms with Crippen LogP contribution in [0.15, 0.2) is 30.7 Å². The number of benzene rings is 1. The Morgan fingerprint density at radius 3 is 3.00 bits per heavy atom. The first-order valence-electron chi connectivity index (χ1n) is 9.03. The van der Waals surface area contributed by atoms with E-state index in [0.29, 0.717) is 56.6 Å². The third-order valence-electron chi connectivity index (χ3n) is 4.72. The van der Waals surface area contributed by atoms with E-state index in [9.17, 15) is 4.79 Å². The zero-order valence-corrected chi connectivity index (χ0v) is 14.9. The fourth-order valence-electron chi connectivity index (χ4n) is 3.41. The average Bonchev–Trinajstić information content (AvgIpc) is 3.02. The lowest BCUT2D eigenvalue weighted by Gasteiger charge is -2.34. The van der Waals surface area contributed by atoms with Gasteiger partial charge in [0.05, 0.1) is 44.4 Å². The molecule has 0 unspecified atom stereocenters. The molecule has 2 aliphatic heterocycles. The van der Waals surface area contributed by atoms with Gasteiger partial charge in [-0.3, -0.25) is 4.79 Å². The molecule has 1 amide bonds. The predicted molar refractivity (Wildman–Crippen MR) is 94.5 cm³/mol. The number of ether oxygens (including phenoxy) is 3. The first-order chi connectivity index (χ1) is 12.8. The summed E-state index contributed by atoms with van der Waals surface area (Å²) in [6.45, 7) is 5.55. The quantitative estimate of drug-likeness (QED) is 0.840. The molecule has 1 atom stereocenters. The topological polar surface area (TPSA) is 65.8 Å². The number of carbonyl (C=O) groups excluding carboxylic acids is 1. The van der Waals surface area contributed by atoms with Crippen molar-refractivity contribution in [3.05, 3.63) is 42.0 Å². The number of nitrogens with zero attached hydrogens (tertiary/aromatic N) is 3. The maximum Gasteiger partial charge on any atom is 0.254 e. The second kappa shape index (κ2) is 7.37. The lowest BCUT2D eigenvalue weighted by molar-refractivity contribution is 0.0544. The van der Waals surface area contributed by atoms with Crippen molar-refractivity contribution >= 4 is 5.91 Å². The highest BCUT2D eigenvalue weighted by atomic mass is 16.5. The van der Waals surface area contributed by atoms with Crippen LogP contribution in [0, 0.1) is 0 Å². The summed E-state index contributed by atoms with van der Waals surface area (Å²) in [6.07, 6.45) is 4.47. The molecule has 7 nitrogen and oxygen atoms in total. The van der Waals surface area contributed by atoms with Crippen molar-refractivity contribution in [3.8, 4) is 11.5 Å². The normalized spacial score (nSPS) is 19.0. The van der Waals surface area contributed by atoms with Crippen LogP contribution in [0.2, 0.25) is 0 Å². The van der Waals surface area contributed by atoms with Gasteiger partial charge in [0.15, 0.2) is 11.5 Å². The first kappa shape index (κ1) is 16.9. The smallest absolute Gasteiger partial charge is 0.254 e. The number of hydrogen-bond acceptors (Lipinski definition) is 5. The van der Waals surface area contributed by atoms with Gasteiger partial charge in [-0.25, -0.2) is 4.98 Å². The second-order valence-electron chi connectivity index (χ2n) is 6.50. The predicted octanol–water partition coefficient (Wildman–Crippen LogP) is 2.28. The number of aromatic nitrogens is 2. The van der Waals surface area contributed by atoms with Crippen molar-refractivity contribution < 1.29 is 19.0 Å². The van der Waals surface area contributed by atoms with Gasteiger partial charge >= 0.3 is 0 Å². The third kappa shape index (κ3) is 3.26. The highest BCUT2D eigenvalue weighted by Gasteiger charge is 2.29. The molecule has 1 aromatic carbocycles. The number of rotatable bonds is 4. The maximum atomic E-state index is 13.1. The van der Waals surface area contributed by atoms with Crippen LogP contribution in [0.5, 0.6) is 11.5 Å². The molecule has 138 valence electrons. The van der Waals surface area contributed by atoms with E-state index in [1.807, 2.05) is 30.4 Å². The molecule has 0 saturated carbocycles. The summed E-state index contributed by atoms with van der Waals surface area (Å²) < 4.78 is 19.1. The molecule has 2 aliphatic rings. The fraction of sp³-hybridized carbons (Fsp3) is 0.474. The Labute approximate surface area is 152 Å². The molecule has 0 aliphatic carbocycles. The van der Waals surface area contributed by atoms with E-state index >= 15 is 0 Å². The minimum absolute atomic E-state index is 0.0189. The Hall–Kier alpha value is -2.54. The van der Waals surface area contributed by atoms with Gasteiger partial charge in [0.25, 0.3) is 5.91 Å².